The van der Waals surface area contributed by atoms with Crippen molar-refractivity contribution < 1.29 is 14.2 Å². The van der Waals surface area contributed by atoms with Crippen molar-refractivity contribution in [2.24, 2.45) is 0 Å². The van der Waals surface area contributed by atoms with E-state index in [2.05, 4.69) is 9.97 Å². The Bertz CT molecular complexity index is 312. The lowest BCUT2D eigenvalue weighted by atomic mass is 10.2. The van der Waals surface area contributed by atoms with Gasteiger partial charge in [0.15, 0.2) is 0 Å². The minimum atomic E-state index is -0.315. The van der Waals surface area contributed by atoms with Gasteiger partial charge < -0.3 is 14.2 Å². The molecule has 0 aliphatic carbocycles. The standard InChI is InChI=1S/C10H16N2O3/c1-10(2,3)15-8-6-7(13-4)11-9(12-8)14-5/h6H,1-5H3. The molecular formula is C10H16N2O3. The maximum atomic E-state index is 5.58. The lowest BCUT2D eigenvalue weighted by molar-refractivity contribution is 0.121. The molecule has 5 nitrogen and oxygen atoms in total. The first-order chi connectivity index (χ1) is 6.94. The fraction of sp³-hybridized carbons (Fsp3) is 0.600. The Balaban J connectivity index is 2.97. The van der Waals surface area contributed by atoms with Crippen LogP contribution in [0.4, 0.5) is 0 Å². The van der Waals surface area contributed by atoms with Crippen molar-refractivity contribution in [1.29, 1.82) is 0 Å². The molecular weight excluding hydrogens is 196 g/mol. The second kappa shape index (κ2) is 4.33. The molecule has 15 heavy (non-hydrogen) atoms. The van der Waals surface area contributed by atoms with E-state index in [1.54, 1.807) is 6.07 Å². The summed E-state index contributed by atoms with van der Waals surface area (Å²) < 4.78 is 15.5. The van der Waals surface area contributed by atoms with E-state index in [0.29, 0.717) is 11.8 Å². The average molecular weight is 212 g/mol. The van der Waals surface area contributed by atoms with E-state index < -0.39 is 0 Å². The van der Waals surface area contributed by atoms with E-state index >= 15 is 0 Å². The highest BCUT2D eigenvalue weighted by Crippen LogP contribution is 2.22. The van der Waals surface area contributed by atoms with Crippen LogP contribution in [-0.2, 0) is 0 Å². The normalized spacial score (nSPS) is 11.0. The smallest absolute Gasteiger partial charge is 0.322 e. The van der Waals surface area contributed by atoms with E-state index in [0.717, 1.165) is 0 Å². The van der Waals surface area contributed by atoms with E-state index in [1.807, 2.05) is 20.8 Å². The van der Waals surface area contributed by atoms with E-state index in [9.17, 15) is 0 Å². The Morgan fingerprint density at radius 1 is 1.00 bits per heavy atom. The van der Waals surface area contributed by atoms with Crippen molar-refractivity contribution in [2.75, 3.05) is 14.2 Å². The molecule has 0 unspecified atom stereocenters. The van der Waals surface area contributed by atoms with Gasteiger partial charge in [-0.2, -0.15) is 9.97 Å². The van der Waals surface area contributed by atoms with Crippen molar-refractivity contribution in [3.63, 3.8) is 0 Å². The van der Waals surface area contributed by atoms with Crippen LogP contribution >= 0.6 is 0 Å². The zero-order chi connectivity index (χ0) is 11.5. The van der Waals surface area contributed by atoms with Crippen LogP contribution in [0.2, 0.25) is 0 Å². The minimum Gasteiger partial charge on any atom is -0.481 e. The highest BCUT2D eigenvalue weighted by Gasteiger charge is 2.15. The van der Waals surface area contributed by atoms with Gasteiger partial charge in [-0.3, -0.25) is 0 Å². The maximum Gasteiger partial charge on any atom is 0.322 e. The van der Waals surface area contributed by atoms with Gasteiger partial charge in [0, 0.05) is 0 Å². The van der Waals surface area contributed by atoms with Gasteiger partial charge in [-0.05, 0) is 20.8 Å². The minimum absolute atomic E-state index is 0.230. The van der Waals surface area contributed by atoms with Gasteiger partial charge in [0.05, 0.1) is 20.3 Å². The Kier molecular flexibility index (Phi) is 3.34. The Labute approximate surface area is 89.4 Å². The van der Waals surface area contributed by atoms with Gasteiger partial charge in [-0.15, -0.1) is 0 Å². The number of methoxy groups -OCH3 is 2. The number of aromatic nitrogens is 2. The van der Waals surface area contributed by atoms with Crippen LogP contribution in [0, 0.1) is 0 Å². The van der Waals surface area contributed by atoms with Crippen molar-refractivity contribution in [3.05, 3.63) is 6.07 Å². The molecule has 0 aliphatic rings. The first-order valence-electron chi connectivity index (χ1n) is 4.60. The van der Waals surface area contributed by atoms with Crippen LogP contribution in [0.3, 0.4) is 0 Å². The molecule has 0 spiro atoms. The fourth-order valence-electron chi connectivity index (χ4n) is 0.946. The highest BCUT2D eigenvalue weighted by atomic mass is 16.5. The summed E-state index contributed by atoms with van der Waals surface area (Å²) in [6, 6.07) is 1.85. The molecule has 0 saturated carbocycles. The summed E-state index contributed by atoms with van der Waals surface area (Å²) in [7, 11) is 3.03. The summed E-state index contributed by atoms with van der Waals surface area (Å²) >= 11 is 0. The zero-order valence-electron chi connectivity index (χ0n) is 9.70. The van der Waals surface area contributed by atoms with Crippen LogP contribution in [-0.4, -0.2) is 29.8 Å². The van der Waals surface area contributed by atoms with Crippen LogP contribution in [0.5, 0.6) is 17.8 Å². The quantitative estimate of drug-likeness (QED) is 0.762. The summed E-state index contributed by atoms with van der Waals surface area (Å²) in [6.07, 6.45) is 0. The lowest BCUT2D eigenvalue weighted by Gasteiger charge is -2.20. The molecule has 1 aromatic heterocycles. The largest absolute Gasteiger partial charge is 0.481 e. The van der Waals surface area contributed by atoms with Crippen LogP contribution in [0.25, 0.3) is 0 Å². The summed E-state index contributed by atoms with van der Waals surface area (Å²) in [5, 5.41) is 0. The molecule has 0 bridgehead atoms. The molecule has 5 heteroatoms. The second-order valence-corrected chi connectivity index (χ2v) is 3.95. The zero-order valence-corrected chi connectivity index (χ0v) is 9.70. The lowest BCUT2D eigenvalue weighted by Crippen LogP contribution is -2.23. The van der Waals surface area contributed by atoms with Crippen LogP contribution in [0.1, 0.15) is 20.8 Å². The van der Waals surface area contributed by atoms with E-state index in [1.165, 1.54) is 14.2 Å². The van der Waals surface area contributed by atoms with Crippen LogP contribution in [0.15, 0.2) is 6.07 Å². The average Bonchev–Trinajstić information content (AvgIpc) is 2.14. The van der Waals surface area contributed by atoms with Gasteiger partial charge in [0.2, 0.25) is 11.8 Å². The summed E-state index contributed by atoms with van der Waals surface area (Å²) in [4.78, 5) is 8.01. The fourth-order valence-corrected chi connectivity index (χ4v) is 0.946. The monoisotopic (exact) mass is 212 g/mol. The number of nitrogens with zero attached hydrogens (tertiary/aromatic N) is 2. The second-order valence-electron chi connectivity index (χ2n) is 3.95. The molecule has 0 saturated heterocycles. The van der Waals surface area contributed by atoms with Gasteiger partial charge in [-0.1, -0.05) is 0 Å². The van der Waals surface area contributed by atoms with Crippen molar-refractivity contribution in [3.8, 4) is 17.8 Å². The van der Waals surface area contributed by atoms with Crippen molar-refractivity contribution in [2.45, 2.75) is 26.4 Å². The molecule has 0 N–H and O–H groups in total. The van der Waals surface area contributed by atoms with Gasteiger partial charge in [-0.25, -0.2) is 0 Å². The third-order valence-corrected chi connectivity index (χ3v) is 1.46. The maximum absolute atomic E-state index is 5.58. The Morgan fingerprint density at radius 3 is 2.07 bits per heavy atom. The van der Waals surface area contributed by atoms with Crippen LogP contribution < -0.4 is 14.2 Å². The van der Waals surface area contributed by atoms with E-state index in [4.69, 9.17) is 14.2 Å². The predicted octanol–water partition coefficient (Wildman–Crippen LogP) is 1.67. The Hall–Kier alpha value is -1.52. The number of hydrogen-bond acceptors (Lipinski definition) is 5. The van der Waals surface area contributed by atoms with Gasteiger partial charge >= 0.3 is 6.01 Å². The third-order valence-electron chi connectivity index (χ3n) is 1.46. The van der Waals surface area contributed by atoms with Crippen molar-refractivity contribution in [1.82, 2.24) is 9.97 Å². The highest BCUT2D eigenvalue weighted by molar-refractivity contribution is 5.23. The predicted molar refractivity (Wildman–Crippen MR) is 55.5 cm³/mol. The summed E-state index contributed by atoms with van der Waals surface area (Å²) in [5.41, 5.74) is -0.315. The Morgan fingerprint density at radius 2 is 1.60 bits per heavy atom. The molecule has 0 aromatic carbocycles. The molecule has 0 amide bonds. The molecule has 1 aromatic rings. The molecule has 0 radical (unpaired) electrons. The first kappa shape index (κ1) is 11.6. The number of rotatable bonds is 3. The molecule has 1 rings (SSSR count). The van der Waals surface area contributed by atoms with Gasteiger partial charge in [0.25, 0.3) is 0 Å². The molecule has 1 heterocycles. The molecule has 0 aliphatic heterocycles. The SMILES string of the molecule is COc1cc(OC(C)(C)C)nc(OC)n1. The molecule has 84 valence electrons. The first-order valence-corrected chi connectivity index (χ1v) is 4.60. The summed E-state index contributed by atoms with van der Waals surface area (Å²) in [6.45, 7) is 5.82. The van der Waals surface area contributed by atoms with E-state index in [-0.39, 0.29) is 11.6 Å². The van der Waals surface area contributed by atoms with Crippen molar-refractivity contribution >= 4 is 0 Å². The molecule has 0 atom stereocenters. The summed E-state index contributed by atoms with van der Waals surface area (Å²) in [5.74, 6) is 0.854. The number of ether oxygens (including phenoxy) is 3. The topological polar surface area (TPSA) is 53.5 Å². The number of hydrogen-bond donors (Lipinski definition) is 0. The molecule has 0 fully saturated rings. The van der Waals surface area contributed by atoms with Gasteiger partial charge in [0.1, 0.15) is 5.60 Å². The third kappa shape index (κ3) is 3.61.